The van der Waals surface area contributed by atoms with Crippen molar-refractivity contribution in [2.75, 3.05) is 17.2 Å². The molecular weight excluding hydrogens is 390 g/mol. The minimum Gasteiger partial charge on any atom is -0.478 e. The third kappa shape index (κ3) is 4.34. The van der Waals surface area contributed by atoms with Crippen molar-refractivity contribution in [3.63, 3.8) is 0 Å². The first-order chi connectivity index (χ1) is 15.1. The first-order valence-corrected chi connectivity index (χ1v) is 10.1. The lowest BCUT2D eigenvalue weighted by Gasteiger charge is -2.15. The second-order valence-electron chi connectivity index (χ2n) is 7.24. The van der Waals surface area contributed by atoms with E-state index in [1.54, 1.807) is 6.07 Å². The van der Waals surface area contributed by atoms with Gasteiger partial charge in [0.25, 0.3) is 5.91 Å². The minimum absolute atomic E-state index is 0.130. The number of anilines is 2. The van der Waals surface area contributed by atoms with Crippen molar-refractivity contribution in [1.82, 2.24) is 5.32 Å². The van der Waals surface area contributed by atoms with Crippen LogP contribution in [0, 0.1) is 0 Å². The lowest BCUT2D eigenvalue weighted by Crippen LogP contribution is -2.12. The summed E-state index contributed by atoms with van der Waals surface area (Å²) in [5, 5.41) is 18.8. The highest BCUT2D eigenvalue weighted by atomic mass is 16.4. The van der Waals surface area contributed by atoms with E-state index in [4.69, 9.17) is 0 Å². The van der Waals surface area contributed by atoms with Gasteiger partial charge < -0.3 is 21.1 Å². The number of benzene rings is 3. The number of hydrogen-bond donors (Lipinski definition) is 4. The van der Waals surface area contributed by atoms with Crippen LogP contribution in [-0.2, 0) is 11.3 Å². The van der Waals surface area contributed by atoms with Gasteiger partial charge in [-0.25, -0.2) is 4.79 Å². The van der Waals surface area contributed by atoms with Crippen molar-refractivity contribution in [2.45, 2.75) is 13.5 Å². The Bertz CT molecular complexity index is 1150. The highest BCUT2D eigenvalue weighted by molar-refractivity contribution is 6.37. The lowest BCUT2D eigenvalue weighted by molar-refractivity contribution is -0.110. The zero-order valence-electron chi connectivity index (χ0n) is 17.1. The number of amides is 1. The number of carboxylic acids is 1. The molecule has 0 fully saturated rings. The number of fused-ring (bicyclic) bond motifs is 1. The van der Waals surface area contributed by atoms with Crippen LogP contribution >= 0.6 is 0 Å². The first-order valence-electron chi connectivity index (χ1n) is 10.1. The van der Waals surface area contributed by atoms with E-state index in [1.165, 1.54) is 17.7 Å². The summed E-state index contributed by atoms with van der Waals surface area (Å²) < 4.78 is 0. The Balaban J connectivity index is 1.77. The molecule has 4 N–H and O–H groups in total. The number of carbonyl (C=O) groups excluding carboxylic acids is 1. The normalized spacial score (nSPS) is 14.0. The van der Waals surface area contributed by atoms with E-state index in [0.29, 0.717) is 22.5 Å². The van der Waals surface area contributed by atoms with Crippen LogP contribution in [0.1, 0.15) is 34.0 Å². The molecule has 6 nitrogen and oxygen atoms in total. The molecule has 1 aliphatic heterocycles. The molecule has 0 unspecified atom stereocenters. The zero-order chi connectivity index (χ0) is 21.8. The molecule has 0 spiro atoms. The van der Waals surface area contributed by atoms with Crippen LogP contribution in [-0.4, -0.2) is 23.5 Å². The maximum atomic E-state index is 12.9. The molecule has 1 amide bonds. The Labute approximate surface area is 180 Å². The molecule has 0 bridgehead atoms. The smallest absolute Gasteiger partial charge is 0.335 e. The molecule has 156 valence electrons. The van der Waals surface area contributed by atoms with Crippen LogP contribution < -0.4 is 16.0 Å². The molecule has 0 atom stereocenters. The number of carbonyl (C=O) groups is 2. The quantitative estimate of drug-likeness (QED) is 0.430. The topological polar surface area (TPSA) is 90.5 Å². The van der Waals surface area contributed by atoms with Crippen LogP contribution in [0.5, 0.6) is 0 Å². The Morgan fingerprint density at radius 3 is 2.39 bits per heavy atom. The standard InChI is InChI=1S/C25H23N3O3/c1-2-26-15-16-8-11-19(12-9-16)27-23(17-6-4-3-5-7-17)22-20-13-10-18(25(30)31)14-21(20)28-24(22)29/h3-14,26-27H,2,15H2,1H3,(H,28,29)(H,30,31)/b23-22-. The van der Waals surface area contributed by atoms with Crippen LogP contribution in [0.15, 0.2) is 72.8 Å². The summed E-state index contributed by atoms with van der Waals surface area (Å²) in [5.41, 5.74) is 5.34. The van der Waals surface area contributed by atoms with Crippen LogP contribution in [0.3, 0.4) is 0 Å². The SMILES string of the molecule is CCNCc1ccc(N/C(=C2\C(=O)Nc3cc(C(=O)O)ccc32)c2ccccc2)cc1. The summed E-state index contributed by atoms with van der Waals surface area (Å²) in [4.78, 5) is 24.2. The fourth-order valence-corrected chi connectivity index (χ4v) is 3.56. The van der Waals surface area contributed by atoms with Gasteiger partial charge in [-0.2, -0.15) is 0 Å². The summed E-state index contributed by atoms with van der Waals surface area (Å²) >= 11 is 0. The molecule has 6 heteroatoms. The molecule has 31 heavy (non-hydrogen) atoms. The van der Waals surface area contributed by atoms with Crippen molar-refractivity contribution in [3.05, 3.63) is 95.1 Å². The third-order valence-electron chi connectivity index (χ3n) is 5.13. The fraction of sp³-hybridized carbons (Fsp3) is 0.120. The summed E-state index contributed by atoms with van der Waals surface area (Å²) in [6, 6.07) is 22.4. The molecule has 0 aromatic heterocycles. The van der Waals surface area contributed by atoms with Gasteiger partial charge in [-0.15, -0.1) is 0 Å². The largest absolute Gasteiger partial charge is 0.478 e. The predicted molar refractivity (Wildman–Crippen MR) is 123 cm³/mol. The van der Waals surface area contributed by atoms with E-state index in [9.17, 15) is 14.7 Å². The summed E-state index contributed by atoms with van der Waals surface area (Å²) in [6.45, 7) is 3.77. The highest BCUT2D eigenvalue weighted by Gasteiger charge is 2.29. The molecule has 3 aromatic carbocycles. The van der Waals surface area contributed by atoms with Crippen molar-refractivity contribution in [2.24, 2.45) is 0 Å². The molecule has 1 heterocycles. The number of carboxylic acid groups (broad SMARTS) is 1. The Morgan fingerprint density at radius 1 is 0.968 bits per heavy atom. The van der Waals surface area contributed by atoms with E-state index in [-0.39, 0.29) is 11.5 Å². The molecule has 0 radical (unpaired) electrons. The summed E-state index contributed by atoms with van der Waals surface area (Å²) in [5.74, 6) is -1.30. The van der Waals surface area contributed by atoms with Crippen molar-refractivity contribution < 1.29 is 14.7 Å². The average molecular weight is 413 g/mol. The fourth-order valence-electron chi connectivity index (χ4n) is 3.56. The van der Waals surface area contributed by atoms with Gasteiger partial charge in [-0.1, -0.05) is 55.5 Å². The molecule has 0 saturated carbocycles. The van der Waals surface area contributed by atoms with Gasteiger partial charge in [0.2, 0.25) is 0 Å². The predicted octanol–water partition coefficient (Wildman–Crippen LogP) is 4.43. The molecule has 0 saturated heterocycles. The third-order valence-corrected chi connectivity index (χ3v) is 5.13. The van der Waals surface area contributed by atoms with E-state index >= 15 is 0 Å². The van der Waals surface area contributed by atoms with Gasteiger partial charge in [0.05, 0.1) is 22.5 Å². The van der Waals surface area contributed by atoms with Gasteiger partial charge in [0.15, 0.2) is 0 Å². The zero-order valence-corrected chi connectivity index (χ0v) is 17.1. The van der Waals surface area contributed by atoms with Crippen molar-refractivity contribution >= 4 is 34.5 Å². The van der Waals surface area contributed by atoms with Crippen LogP contribution in [0.2, 0.25) is 0 Å². The van der Waals surface area contributed by atoms with Crippen molar-refractivity contribution in [3.8, 4) is 0 Å². The lowest BCUT2D eigenvalue weighted by atomic mass is 9.99. The van der Waals surface area contributed by atoms with E-state index in [0.717, 1.165) is 24.3 Å². The van der Waals surface area contributed by atoms with Gasteiger partial charge >= 0.3 is 5.97 Å². The minimum atomic E-state index is -1.03. The molecule has 0 aliphatic carbocycles. The number of rotatable bonds is 7. The van der Waals surface area contributed by atoms with E-state index < -0.39 is 5.97 Å². The first kappa shape index (κ1) is 20.4. The van der Waals surface area contributed by atoms with Crippen LogP contribution in [0.25, 0.3) is 11.3 Å². The molecule has 4 rings (SSSR count). The van der Waals surface area contributed by atoms with Gasteiger partial charge in [-0.3, -0.25) is 4.79 Å². The molecular formula is C25H23N3O3. The number of hydrogen-bond acceptors (Lipinski definition) is 4. The van der Waals surface area contributed by atoms with Gasteiger partial charge in [0.1, 0.15) is 0 Å². The van der Waals surface area contributed by atoms with Gasteiger partial charge in [-0.05, 0) is 41.9 Å². The Morgan fingerprint density at radius 2 is 1.71 bits per heavy atom. The highest BCUT2D eigenvalue weighted by Crippen LogP contribution is 2.38. The second-order valence-corrected chi connectivity index (χ2v) is 7.24. The summed E-state index contributed by atoms with van der Waals surface area (Å²) in [7, 11) is 0. The van der Waals surface area contributed by atoms with E-state index in [2.05, 4.69) is 22.9 Å². The number of nitrogens with one attached hydrogen (secondary N) is 3. The van der Waals surface area contributed by atoms with Crippen LogP contribution in [0.4, 0.5) is 11.4 Å². The Hall–Kier alpha value is -3.90. The van der Waals surface area contributed by atoms with E-state index in [1.807, 2.05) is 54.6 Å². The maximum Gasteiger partial charge on any atom is 0.335 e. The second kappa shape index (κ2) is 8.85. The maximum absolute atomic E-state index is 12.9. The molecule has 1 aliphatic rings. The number of aromatic carboxylic acids is 1. The Kier molecular flexibility index (Phi) is 5.82. The average Bonchev–Trinajstić information content (AvgIpc) is 3.12. The van der Waals surface area contributed by atoms with Crippen molar-refractivity contribution in [1.29, 1.82) is 0 Å². The monoisotopic (exact) mass is 413 g/mol. The van der Waals surface area contributed by atoms with Gasteiger partial charge in [0, 0.05) is 17.8 Å². The molecule has 3 aromatic rings. The summed E-state index contributed by atoms with van der Waals surface area (Å²) in [6.07, 6.45) is 0.